The van der Waals surface area contributed by atoms with E-state index in [4.69, 9.17) is 23.4 Å². The molecule has 2 heterocycles. The van der Waals surface area contributed by atoms with Gasteiger partial charge in [-0.15, -0.1) is 0 Å². The number of benzene rings is 3. The van der Waals surface area contributed by atoms with Gasteiger partial charge in [0.25, 0.3) is 5.56 Å². The first-order valence-electron chi connectivity index (χ1n) is 19.5. The van der Waals surface area contributed by atoms with Gasteiger partial charge in [-0.3, -0.25) is 19.2 Å². The molecule has 0 spiro atoms. The van der Waals surface area contributed by atoms with Crippen molar-refractivity contribution in [1.82, 2.24) is 14.5 Å². The molecule has 10 nitrogen and oxygen atoms in total. The summed E-state index contributed by atoms with van der Waals surface area (Å²) in [6.07, 6.45) is 0.869. The van der Waals surface area contributed by atoms with Crippen molar-refractivity contribution in [2.45, 2.75) is 102 Å². The molecule has 5 rings (SSSR count). The average molecular weight is 772 g/mol. The molecule has 1 N–H and O–H groups in total. The van der Waals surface area contributed by atoms with Crippen LogP contribution in [-0.4, -0.2) is 74.9 Å². The Kier molecular flexibility index (Phi) is 13.4. The smallest absolute Gasteiger partial charge is 0.330 e. The topological polar surface area (TPSA) is 104 Å². The van der Waals surface area contributed by atoms with E-state index in [0.717, 1.165) is 28.2 Å². The second-order valence-corrected chi connectivity index (χ2v) is 21.6. The molecular weight excluding hydrogens is 711 g/mol. The van der Waals surface area contributed by atoms with Gasteiger partial charge in [0.1, 0.15) is 22.7 Å². The van der Waals surface area contributed by atoms with Gasteiger partial charge in [0.05, 0.1) is 27.4 Å². The van der Waals surface area contributed by atoms with Crippen LogP contribution in [-0.2, 0) is 19.5 Å². The van der Waals surface area contributed by atoms with Crippen LogP contribution in [0.2, 0.25) is 16.6 Å². The lowest BCUT2D eigenvalue weighted by atomic mass is 9.79. The number of hydrogen-bond acceptors (Lipinski definition) is 8. The monoisotopic (exact) mass is 771 g/mol. The summed E-state index contributed by atoms with van der Waals surface area (Å²) in [5.74, 6) is 1.46. The van der Waals surface area contributed by atoms with Gasteiger partial charge in [-0.1, -0.05) is 96.1 Å². The molecule has 1 aliphatic heterocycles. The van der Waals surface area contributed by atoms with Crippen molar-refractivity contribution in [1.29, 1.82) is 0 Å². The minimum absolute atomic E-state index is 0.106. The quantitative estimate of drug-likeness (QED) is 0.0903. The van der Waals surface area contributed by atoms with Crippen LogP contribution in [0.1, 0.15) is 83.9 Å². The van der Waals surface area contributed by atoms with Gasteiger partial charge in [-0.05, 0) is 78.4 Å². The van der Waals surface area contributed by atoms with Crippen LogP contribution in [0.5, 0.6) is 11.5 Å². The fraction of sp³-hybridized carbons (Fsp3) is 0.500. The highest BCUT2D eigenvalue weighted by atomic mass is 28.4. The fourth-order valence-corrected chi connectivity index (χ4v) is 14.1. The minimum atomic E-state index is -2.42. The van der Waals surface area contributed by atoms with Gasteiger partial charge in [0.15, 0.2) is 14.5 Å². The van der Waals surface area contributed by atoms with Crippen molar-refractivity contribution in [2.24, 2.45) is 0 Å². The molecule has 298 valence electrons. The summed E-state index contributed by atoms with van der Waals surface area (Å²) in [7, 11) is 0.892. The van der Waals surface area contributed by atoms with Crippen molar-refractivity contribution in [3.63, 3.8) is 0 Å². The lowest BCUT2D eigenvalue weighted by Gasteiger charge is -2.51. The third-order valence-electron chi connectivity index (χ3n) is 11.5. The Morgan fingerprint density at radius 3 is 1.76 bits per heavy atom. The Bertz CT molecular complexity index is 1890. The van der Waals surface area contributed by atoms with E-state index >= 15 is 0 Å². The summed E-state index contributed by atoms with van der Waals surface area (Å²) in [4.78, 5) is 30.8. The Morgan fingerprint density at radius 2 is 1.29 bits per heavy atom. The Hall–Kier alpha value is -4.00. The molecule has 0 bridgehead atoms. The van der Waals surface area contributed by atoms with Crippen molar-refractivity contribution >= 4 is 8.32 Å². The molecule has 0 saturated carbocycles. The van der Waals surface area contributed by atoms with Crippen LogP contribution in [0.25, 0.3) is 0 Å². The van der Waals surface area contributed by atoms with E-state index in [1.165, 1.54) is 4.57 Å². The zero-order valence-electron chi connectivity index (χ0n) is 34.6. The Balaban J connectivity index is 1.74. The maximum Gasteiger partial charge on any atom is 0.330 e. The lowest BCUT2D eigenvalue weighted by molar-refractivity contribution is -0.232. The van der Waals surface area contributed by atoms with Crippen LogP contribution in [0.3, 0.4) is 0 Å². The summed E-state index contributed by atoms with van der Waals surface area (Å²) in [5, 5.41) is 0. The molecule has 11 heteroatoms. The van der Waals surface area contributed by atoms with E-state index in [9.17, 15) is 9.59 Å². The van der Waals surface area contributed by atoms with E-state index < -0.39 is 37.0 Å². The Morgan fingerprint density at radius 1 is 0.782 bits per heavy atom. The number of aromatic nitrogens is 2. The molecule has 0 aliphatic carbocycles. The number of nitrogens with one attached hydrogen (secondary N) is 1. The van der Waals surface area contributed by atoms with Gasteiger partial charge in [0, 0.05) is 30.9 Å². The van der Waals surface area contributed by atoms with E-state index in [0.29, 0.717) is 35.3 Å². The lowest BCUT2D eigenvalue weighted by Crippen LogP contribution is -2.63. The first-order valence-corrected chi connectivity index (χ1v) is 21.6. The largest absolute Gasteiger partial charge is 0.497 e. The molecule has 2 atom stereocenters. The number of morpholine rings is 1. The SMILES string of the molecule is COc1ccc(C(OC[C@]2(CO[Si](C(C)C)(C(C)C)C(C)C)CN(C(C)C)C[C@H](n3cc(C)c(=O)[nH]c3=O)O2)(c2ccccc2)c2ccc(OC)cc2)cc1. The number of H-pyrrole nitrogens is 1. The van der Waals surface area contributed by atoms with Gasteiger partial charge in [-0.2, -0.15) is 0 Å². The number of nitrogens with zero attached hydrogens (tertiary/aromatic N) is 2. The Labute approximate surface area is 327 Å². The summed E-state index contributed by atoms with van der Waals surface area (Å²) in [6.45, 7) is 20.9. The standard InChI is InChI=1S/C44H61N3O7Si/c1-30(2)46-26-40(47-25-34(9)41(48)45-42(47)49)54-43(27-46,29-53-55(31(3)4,32(5)6)33(7)8)28-52-44(35-15-13-12-14-16-35,36-17-21-38(50-10)22-18-36)37-19-23-39(51-11)24-20-37/h12-25,30-33,40H,26-29H2,1-11H3,(H,45,48,49)/t40-,43+/m1/s1. The highest BCUT2D eigenvalue weighted by molar-refractivity contribution is 6.77. The maximum absolute atomic E-state index is 13.5. The third kappa shape index (κ3) is 8.56. The molecular formula is C44H61N3O7Si. The molecule has 0 radical (unpaired) electrons. The van der Waals surface area contributed by atoms with Crippen molar-refractivity contribution in [3.8, 4) is 11.5 Å². The summed E-state index contributed by atoms with van der Waals surface area (Å²) in [5.41, 5.74) is 1.05. The summed E-state index contributed by atoms with van der Waals surface area (Å²) in [6, 6.07) is 26.3. The highest BCUT2D eigenvalue weighted by Gasteiger charge is 2.51. The number of rotatable bonds is 16. The van der Waals surface area contributed by atoms with Crippen molar-refractivity contribution in [3.05, 3.63) is 128 Å². The average Bonchev–Trinajstić information content (AvgIpc) is 3.17. The van der Waals surface area contributed by atoms with Gasteiger partial charge < -0.3 is 23.4 Å². The van der Waals surface area contributed by atoms with Crippen LogP contribution in [0, 0.1) is 6.92 Å². The molecule has 0 amide bonds. The molecule has 1 aromatic heterocycles. The molecule has 3 aromatic carbocycles. The normalized spacial score (nSPS) is 18.4. The molecule has 1 aliphatic rings. The first kappa shape index (κ1) is 42.1. The van der Waals surface area contributed by atoms with Crippen molar-refractivity contribution < 1.29 is 23.4 Å². The second-order valence-electron chi connectivity index (χ2n) is 16.2. The zero-order chi connectivity index (χ0) is 40.1. The fourth-order valence-electron chi connectivity index (χ4n) is 8.61. The second kappa shape index (κ2) is 17.4. The summed E-state index contributed by atoms with van der Waals surface area (Å²) >= 11 is 0. The zero-order valence-corrected chi connectivity index (χ0v) is 35.6. The van der Waals surface area contributed by atoms with Crippen LogP contribution in [0.4, 0.5) is 0 Å². The van der Waals surface area contributed by atoms with E-state index in [1.54, 1.807) is 27.3 Å². The van der Waals surface area contributed by atoms with Crippen molar-refractivity contribution in [2.75, 3.05) is 40.5 Å². The van der Waals surface area contributed by atoms with E-state index in [2.05, 4.69) is 77.4 Å². The first-order chi connectivity index (χ1) is 26.1. The molecule has 1 fully saturated rings. The molecule has 0 unspecified atom stereocenters. The van der Waals surface area contributed by atoms with E-state index in [-0.39, 0.29) is 19.3 Å². The minimum Gasteiger partial charge on any atom is -0.497 e. The molecule has 1 saturated heterocycles. The maximum atomic E-state index is 13.5. The number of hydrogen-bond donors (Lipinski definition) is 1. The predicted octanol–water partition coefficient (Wildman–Crippen LogP) is 8.04. The predicted molar refractivity (Wildman–Crippen MR) is 221 cm³/mol. The number of ether oxygens (including phenoxy) is 4. The van der Waals surface area contributed by atoms with Gasteiger partial charge in [-0.25, -0.2) is 4.79 Å². The van der Waals surface area contributed by atoms with Crippen LogP contribution < -0.4 is 20.7 Å². The summed E-state index contributed by atoms with van der Waals surface area (Å²) < 4.78 is 34.9. The molecule has 4 aromatic rings. The third-order valence-corrected chi connectivity index (χ3v) is 17.5. The van der Waals surface area contributed by atoms with Crippen LogP contribution >= 0.6 is 0 Å². The van der Waals surface area contributed by atoms with Gasteiger partial charge in [0.2, 0.25) is 0 Å². The number of aromatic amines is 1. The number of aryl methyl sites for hydroxylation is 1. The highest BCUT2D eigenvalue weighted by Crippen LogP contribution is 2.46. The van der Waals surface area contributed by atoms with Crippen LogP contribution in [0.15, 0.2) is 94.6 Å². The van der Waals surface area contributed by atoms with E-state index in [1.807, 2.05) is 66.7 Å². The van der Waals surface area contributed by atoms with Gasteiger partial charge >= 0.3 is 5.69 Å². The molecule has 55 heavy (non-hydrogen) atoms. The number of methoxy groups -OCH3 is 2.